The van der Waals surface area contributed by atoms with Crippen molar-refractivity contribution >= 4 is 5.91 Å². The van der Waals surface area contributed by atoms with Gasteiger partial charge in [0.2, 0.25) is 5.91 Å². The minimum absolute atomic E-state index is 0.0356. The van der Waals surface area contributed by atoms with E-state index in [0.29, 0.717) is 13.2 Å². The van der Waals surface area contributed by atoms with E-state index in [0.717, 1.165) is 31.8 Å². The molecule has 4 nitrogen and oxygen atoms in total. The molecule has 1 atom stereocenters. The lowest BCUT2D eigenvalue weighted by Crippen LogP contribution is -2.43. The second-order valence-corrected chi connectivity index (χ2v) is 5.03. The number of hydrogen-bond donors (Lipinski definition) is 1. The Kier molecular flexibility index (Phi) is 6.52. The van der Waals surface area contributed by atoms with Crippen molar-refractivity contribution < 1.29 is 9.53 Å². The van der Waals surface area contributed by atoms with Gasteiger partial charge in [0.15, 0.2) is 0 Å². The van der Waals surface area contributed by atoms with E-state index >= 15 is 0 Å². The summed E-state index contributed by atoms with van der Waals surface area (Å²) >= 11 is 0. The molecule has 0 spiro atoms. The SMILES string of the molecule is CCCC[C@H](N)C(=O)N(C)CCOCC1CC1. The largest absolute Gasteiger partial charge is 0.379 e. The first-order valence-corrected chi connectivity index (χ1v) is 6.73. The van der Waals surface area contributed by atoms with Crippen LogP contribution < -0.4 is 5.73 Å². The molecule has 0 unspecified atom stereocenters. The number of rotatable bonds is 9. The Morgan fingerprint density at radius 1 is 1.53 bits per heavy atom. The first-order chi connectivity index (χ1) is 8.15. The van der Waals surface area contributed by atoms with E-state index in [4.69, 9.17) is 10.5 Å². The van der Waals surface area contributed by atoms with Gasteiger partial charge < -0.3 is 15.4 Å². The van der Waals surface area contributed by atoms with E-state index < -0.39 is 0 Å². The van der Waals surface area contributed by atoms with Gasteiger partial charge in [-0.1, -0.05) is 19.8 Å². The Labute approximate surface area is 104 Å². The maximum atomic E-state index is 11.8. The average Bonchev–Trinajstić information content (AvgIpc) is 3.14. The monoisotopic (exact) mass is 242 g/mol. The van der Waals surface area contributed by atoms with Gasteiger partial charge in [-0.15, -0.1) is 0 Å². The summed E-state index contributed by atoms with van der Waals surface area (Å²) in [5.74, 6) is 0.816. The summed E-state index contributed by atoms with van der Waals surface area (Å²) in [5, 5.41) is 0. The van der Waals surface area contributed by atoms with Crippen molar-refractivity contribution in [3.8, 4) is 0 Å². The van der Waals surface area contributed by atoms with Gasteiger partial charge in [-0.25, -0.2) is 0 Å². The van der Waals surface area contributed by atoms with Crippen LogP contribution in [0.25, 0.3) is 0 Å². The van der Waals surface area contributed by atoms with Crippen molar-refractivity contribution in [1.82, 2.24) is 4.90 Å². The first kappa shape index (κ1) is 14.5. The molecule has 1 amide bonds. The second-order valence-electron chi connectivity index (χ2n) is 5.03. The predicted molar refractivity (Wildman–Crippen MR) is 68.7 cm³/mol. The fourth-order valence-corrected chi connectivity index (χ4v) is 1.68. The van der Waals surface area contributed by atoms with E-state index in [-0.39, 0.29) is 11.9 Å². The topological polar surface area (TPSA) is 55.6 Å². The van der Waals surface area contributed by atoms with Crippen LogP contribution in [0.5, 0.6) is 0 Å². The molecular formula is C13H26N2O2. The number of nitrogens with zero attached hydrogens (tertiary/aromatic N) is 1. The van der Waals surface area contributed by atoms with Crippen LogP contribution in [-0.2, 0) is 9.53 Å². The molecule has 1 aliphatic rings. The Balaban J connectivity index is 2.06. The molecule has 4 heteroatoms. The zero-order chi connectivity index (χ0) is 12.7. The molecular weight excluding hydrogens is 216 g/mol. The predicted octanol–water partition coefficient (Wildman–Crippen LogP) is 1.39. The lowest BCUT2D eigenvalue weighted by molar-refractivity contribution is -0.132. The second kappa shape index (κ2) is 7.67. The minimum Gasteiger partial charge on any atom is -0.379 e. The van der Waals surface area contributed by atoms with Crippen molar-refractivity contribution in [1.29, 1.82) is 0 Å². The van der Waals surface area contributed by atoms with Crippen LogP contribution in [0.1, 0.15) is 39.0 Å². The number of amides is 1. The fraction of sp³-hybridized carbons (Fsp3) is 0.923. The number of unbranched alkanes of at least 4 members (excludes halogenated alkanes) is 1. The van der Waals surface area contributed by atoms with Crippen molar-refractivity contribution in [2.75, 3.05) is 26.8 Å². The molecule has 0 radical (unpaired) electrons. The highest BCUT2D eigenvalue weighted by Crippen LogP contribution is 2.28. The van der Waals surface area contributed by atoms with Crippen molar-refractivity contribution in [3.05, 3.63) is 0 Å². The summed E-state index contributed by atoms with van der Waals surface area (Å²) in [5.41, 5.74) is 5.83. The third-order valence-corrected chi connectivity index (χ3v) is 3.18. The molecule has 0 heterocycles. The van der Waals surface area contributed by atoms with E-state index in [1.165, 1.54) is 12.8 Å². The molecule has 100 valence electrons. The van der Waals surface area contributed by atoms with Crippen molar-refractivity contribution in [3.63, 3.8) is 0 Å². The molecule has 0 aromatic rings. The van der Waals surface area contributed by atoms with Gasteiger partial charge in [0.1, 0.15) is 0 Å². The lowest BCUT2D eigenvalue weighted by atomic mass is 10.1. The van der Waals surface area contributed by atoms with Gasteiger partial charge in [-0.3, -0.25) is 4.79 Å². The fourth-order valence-electron chi connectivity index (χ4n) is 1.68. The zero-order valence-electron chi connectivity index (χ0n) is 11.2. The normalized spacial score (nSPS) is 16.9. The van der Waals surface area contributed by atoms with Crippen LogP contribution >= 0.6 is 0 Å². The summed E-state index contributed by atoms with van der Waals surface area (Å²) in [6.07, 6.45) is 5.48. The van der Waals surface area contributed by atoms with E-state index in [9.17, 15) is 4.79 Å². The third-order valence-electron chi connectivity index (χ3n) is 3.18. The number of nitrogens with two attached hydrogens (primary N) is 1. The van der Waals surface area contributed by atoms with Crippen LogP contribution in [0.2, 0.25) is 0 Å². The minimum atomic E-state index is -0.344. The number of ether oxygens (including phenoxy) is 1. The molecule has 1 saturated carbocycles. The maximum Gasteiger partial charge on any atom is 0.239 e. The number of hydrogen-bond acceptors (Lipinski definition) is 3. The van der Waals surface area contributed by atoms with Crippen LogP contribution in [0.4, 0.5) is 0 Å². The number of carbonyl (C=O) groups excluding carboxylic acids is 1. The summed E-state index contributed by atoms with van der Waals surface area (Å²) in [6.45, 7) is 4.22. The number of likely N-dealkylation sites (N-methyl/N-ethyl adjacent to an activating group) is 1. The quantitative estimate of drug-likeness (QED) is 0.622. The Bertz CT molecular complexity index is 229. The highest BCUT2D eigenvalue weighted by atomic mass is 16.5. The molecule has 0 bridgehead atoms. The number of carbonyl (C=O) groups is 1. The first-order valence-electron chi connectivity index (χ1n) is 6.73. The molecule has 0 saturated heterocycles. The lowest BCUT2D eigenvalue weighted by Gasteiger charge is -2.21. The standard InChI is InChI=1S/C13H26N2O2/c1-3-4-5-12(14)13(16)15(2)8-9-17-10-11-6-7-11/h11-12H,3-10,14H2,1-2H3/t12-/m0/s1. The van der Waals surface area contributed by atoms with Gasteiger partial charge in [0, 0.05) is 20.2 Å². The molecule has 0 aromatic carbocycles. The summed E-state index contributed by atoms with van der Waals surface area (Å²) < 4.78 is 5.50. The van der Waals surface area contributed by atoms with Gasteiger partial charge in [0.05, 0.1) is 12.6 Å². The van der Waals surface area contributed by atoms with Crippen molar-refractivity contribution in [2.24, 2.45) is 11.7 Å². The molecule has 17 heavy (non-hydrogen) atoms. The Hall–Kier alpha value is -0.610. The van der Waals surface area contributed by atoms with Crippen LogP contribution in [0, 0.1) is 5.92 Å². The van der Waals surface area contributed by atoms with Gasteiger partial charge in [0.25, 0.3) is 0 Å². The highest BCUT2D eigenvalue weighted by Gasteiger charge is 2.21. The zero-order valence-corrected chi connectivity index (χ0v) is 11.2. The molecule has 0 aliphatic heterocycles. The third kappa shape index (κ3) is 6.03. The van der Waals surface area contributed by atoms with Gasteiger partial charge >= 0.3 is 0 Å². The Morgan fingerprint density at radius 2 is 2.24 bits per heavy atom. The molecule has 1 fully saturated rings. The average molecular weight is 242 g/mol. The molecule has 0 aromatic heterocycles. The maximum absolute atomic E-state index is 11.8. The van der Waals surface area contributed by atoms with Gasteiger partial charge in [-0.2, -0.15) is 0 Å². The smallest absolute Gasteiger partial charge is 0.239 e. The summed E-state index contributed by atoms with van der Waals surface area (Å²) in [7, 11) is 1.80. The molecule has 1 aliphatic carbocycles. The molecule has 2 N–H and O–H groups in total. The van der Waals surface area contributed by atoms with Crippen LogP contribution in [-0.4, -0.2) is 43.7 Å². The summed E-state index contributed by atoms with van der Waals surface area (Å²) in [6, 6.07) is -0.344. The van der Waals surface area contributed by atoms with E-state index in [1.807, 2.05) is 0 Å². The highest BCUT2D eigenvalue weighted by molar-refractivity contribution is 5.81. The van der Waals surface area contributed by atoms with E-state index in [1.54, 1.807) is 11.9 Å². The van der Waals surface area contributed by atoms with E-state index in [2.05, 4.69) is 6.92 Å². The van der Waals surface area contributed by atoms with Crippen LogP contribution in [0.3, 0.4) is 0 Å². The van der Waals surface area contributed by atoms with Crippen molar-refractivity contribution in [2.45, 2.75) is 45.1 Å². The molecule has 1 rings (SSSR count). The van der Waals surface area contributed by atoms with Crippen LogP contribution in [0.15, 0.2) is 0 Å². The Morgan fingerprint density at radius 3 is 2.82 bits per heavy atom. The summed E-state index contributed by atoms with van der Waals surface area (Å²) in [4.78, 5) is 13.5. The van der Waals surface area contributed by atoms with Gasteiger partial charge in [-0.05, 0) is 25.2 Å².